The number of hydrogen-bond donors (Lipinski definition) is 2. The predicted octanol–water partition coefficient (Wildman–Crippen LogP) is 3.49. The zero-order valence-corrected chi connectivity index (χ0v) is 18.1. The van der Waals surface area contributed by atoms with Gasteiger partial charge in [-0.3, -0.25) is 19.7 Å². The van der Waals surface area contributed by atoms with Crippen LogP contribution in [0.5, 0.6) is 11.5 Å². The van der Waals surface area contributed by atoms with Crippen molar-refractivity contribution >= 4 is 34.0 Å². The Bertz CT molecular complexity index is 1130. The van der Waals surface area contributed by atoms with Crippen molar-refractivity contribution in [1.29, 1.82) is 0 Å². The van der Waals surface area contributed by atoms with Gasteiger partial charge in [0.15, 0.2) is 16.6 Å². The molecule has 0 saturated carbocycles. The number of methoxy groups -OCH3 is 2. The van der Waals surface area contributed by atoms with Crippen LogP contribution in [0.3, 0.4) is 0 Å². The molecule has 2 aromatic carbocycles. The van der Waals surface area contributed by atoms with Crippen LogP contribution >= 0.6 is 11.3 Å². The third kappa shape index (κ3) is 5.58. The van der Waals surface area contributed by atoms with Crippen LogP contribution in [-0.4, -0.2) is 42.5 Å². The Kier molecular flexibility index (Phi) is 7.34. The molecule has 0 bridgehead atoms. The zero-order valence-electron chi connectivity index (χ0n) is 17.3. The Balaban J connectivity index is 1.51. The molecule has 32 heavy (non-hydrogen) atoms. The molecule has 0 radical (unpaired) electrons. The summed E-state index contributed by atoms with van der Waals surface area (Å²) in [5.74, 6) is 0.461. The molecule has 0 spiro atoms. The Hall–Kier alpha value is -3.99. The average molecular weight is 456 g/mol. The number of aromatic nitrogens is 1. The van der Waals surface area contributed by atoms with Crippen molar-refractivity contribution in [2.45, 2.75) is 6.42 Å². The molecule has 1 heterocycles. The molecular formula is C21H20N4O6S. The van der Waals surface area contributed by atoms with E-state index >= 15 is 0 Å². The minimum atomic E-state index is -0.540. The van der Waals surface area contributed by atoms with E-state index in [-0.39, 0.29) is 30.1 Å². The van der Waals surface area contributed by atoms with E-state index in [1.165, 1.54) is 35.6 Å². The van der Waals surface area contributed by atoms with Crippen LogP contribution in [0.2, 0.25) is 0 Å². The molecule has 2 amide bonds. The first-order valence-electron chi connectivity index (χ1n) is 9.41. The first-order chi connectivity index (χ1) is 15.4. The molecule has 0 saturated heterocycles. The number of carbonyl (C=O) groups is 2. The fourth-order valence-electron chi connectivity index (χ4n) is 2.77. The molecule has 0 aliphatic heterocycles. The Morgan fingerprint density at radius 3 is 2.47 bits per heavy atom. The summed E-state index contributed by atoms with van der Waals surface area (Å²) in [4.78, 5) is 38.8. The van der Waals surface area contributed by atoms with Gasteiger partial charge in [0.05, 0.1) is 24.8 Å². The van der Waals surface area contributed by atoms with Gasteiger partial charge in [-0.15, -0.1) is 11.3 Å². The Labute approximate surface area is 187 Å². The number of non-ortho nitro benzene ring substituents is 1. The molecule has 1 aromatic heterocycles. The van der Waals surface area contributed by atoms with Gasteiger partial charge in [-0.2, -0.15) is 0 Å². The van der Waals surface area contributed by atoms with E-state index in [1.807, 2.05) is 11.4 Å². The molecule has 11 heteroatoms. The second kappa shape index (κ2) is 10.4. The number of nitro benzene ring substituents is 1. The van der Waals surface area contributed by atoms with Gasteiger partial charge in [-0.25, -0.2) is 4.98 Å². The smallest absolute Gasteiger partial charge is 0.269 e. The molecule has 0 atom stereocenters. The van der Waals surface area contributed by atoms with Crippen LogP contribution < -0.4 is 20.1 Å². The van der Waals surface area contributed by atoms with Crippen molar-refractivity contribution in [3.63, 3.8) is 0 Å². The highest BCUT2D eigenvalue weighted by atomic mass is 32.1. The van der Waals surface area contributed by atoms with Gasteiger partial charge in [-0.05, 0) is 30.3 Å². The number of nitrogens with one attached hydrogen (secondary N) is 2. The lowest BCUT2D eigenvalue weighted by atomic mass is 10.1. The number of nitrogens with zero attached hydrogens (tertiary/aromatic N) is 2. The molecule has 3 aromatic rings. The summed E-state index contributed by atoms with van der Waals surface area (Å²) in [5.41, 5.74) is 1.67. The highest BCUT2D eigenvalue weighted by Gasteiger charge is 2.12. The minimum Gasteiger partial charge on any atom is -0.493 e. The van der Waals surface area contributed by atoms with Crippen molar-refractivity contribution < 1.29 is 24.0 Å². The number of amides is 2. The van der Waals surface area contributed by atoms with Crippen LogP contribution in [0.1, 0.15) is 16.8 Å². The third-order valence-electron chi connectivity index (χ3n) is 4.41. The van der Waals surface area contributed by atoms with Crippen LogP contribution in [0.15, 0.2) is 47.8 Å². The van der Waals surface area contributed by atoms with Crippen LogP contribution in [-0.2, 0) is 4.79 Å². The second-order valence-corrected chi connectivity index (χ2v) is 7.32. The lowest BCUT2D eigenvalue weighted by molar-refractivity contribution is -0.384. The summed E-state index contributed by atoms with van der Waals surface area (Å²) >= 11 is 1.28. The summed E-state index contributed by atoms with van der Waals surface area (Å²) in [6.07, 6.45) is 0.0456. The van der Waals surface area contributed by atoms with E-state index < -0.39 is 10.8 Å². The molecule has 0 unspecified atom stereocenters. The van der Waals surface area contributed by atoms with Gasteiger partial charge in [0, 0.05) is 41.6 Å². The number of nitro groups is 1. The van der Waals surface area contributed by atoms with Gasteiger partial charge < -0.3 is 20.1 Å². The fraction of sp³-hybridized carbons (Fsp3) is 0.190. The number of hydrogen-bond acceptors (Lipinski definition) is 8. The predicted molar refractivity (Wildman–Crippen MR) is 119 cm³/mol. The topological polar surface area (TPSA) is 133 Å². The van der Waals surface area contributed by atoms with Gasteiger partial charge in [0.2, 0.25) is 5.91 Å². The first kappa shape index (κ1) is 22.7. The van der Waals surface area contributed by atoms with Crippen LogP contribution in [0, 0.1) is 10.1 Å². The maximum Gasteiger partial charge on any atom is 0.269 e. The SMILES string of the molecule is COc1ccc(-c2csc(NC(=O)CCNC(=O)c3ccc([N+](=O)[O-])cc3)n2)cc1OC. The summed E-state index contributed by atoms with van der Waals surface area (Å²) in [6, 6.07) is 10.6. The standard InChI is InChI=1S/C21H20N4O6S/c1-30-17-8-5-14(11-18(17)31-2)16-12-32-21(23-16)24-19(26)9-10-22-20(27)13-3-6-15(7-4-13)25(28)29/h3-8,11-12H,9-10H2,1-2H3,(H,22,27)(H,23,24,26). The van der Waals surface area contributed by atoms with E-state index in [2.05, 4.69) is 15.6 Å². The minimum absolute atomic E-state index is 0.0456. The molecule has 0 aliphatic rings. The number of ether oxygens (including phenoxy) is 2. The first-order valence-corrected chi connectivity index (χ1v) is 10.3. The lowest BCUT2D eigenvalue weighted by Gasteiger charge is -2.08. The third-order valence-corrected chi connectivity index (χ3v) is 5.17. The van der Waals surface area contributed by atoms with Gasteiger partial charge >= 0.3 is 0 Å². The van der Waals surface area contributed by atoms with Gasteiger partial charge in [0.1, 0.15) is 0 Å². The van der Waals surface area contributed by atoms with Crippen molar-refractivity contribution in [2.75, 3.05) is 26.1 Å². The summed E-state index contributed by atoms with van der Waals surface area (Å²) in [6.45, 7) is 0.107. The van der Waals surface area contributed by atoms with Gasteiger partial charge in [-0.1, -0.05) is 0 Å². The maximum absolute atomic E-state index is 12.2. The number of carbonyl (C=O) groups excluding carboxylic acids is 2. The maximum atomic E-state index is 12.2. The summed E-state index contributed by atoms with van der Waals surface area (Å²) in [5, 5.41) is 18.2. The molecular weight excluding hydrogens is 436 g/mol. The highest BCUT2D eigenvalue weighted by Crippen LogP contribution is 2.33. The molecule has 2 N–H and O–H groups in total. The monoisotopic (exact) mass is 456 g/mol. The summed E-state index contributed by atoms with van der Waals surface area (Å²) < 4.78 is 10.5. The Morgan fingerprint density at radius 2 is 1.81 bits per heavy atom. The number of benzene rings is 2. The molecule has 3 rings (SSSR count). The number of anilines is 1. The molecule has 0 aliphatic carbocycles. The van der Waals surface area contributed by atoms with E-state index in [4.69, 9.17) is 9.47 Å². The molecule has 0 fully saturated rings. The lowest BCUT2D eigenvalue weighted by Crippen LogP contribution is -2.27. The molecule has 166 valence electrons. The van der Waals surface area contributed by atoms with Crippen molar-refractivity contribution in [3.05, 3.63) is 63.5 Å². The average Bonchev–Trinajstić information content (AvgIpc) is 3.26. The number of rotatable bonds is 9. The van der Waals surface area contributed by atoms with Crippen LogP contribution in [0.4, 0.5) is 10.8 Å². The zero-order chi connectivity index (χ0) is 23.1. The number of thiazole rings is 1. The Morgan fingerprint density at radius 1 is 1.09 bits per heavy atom. The summed E-state index contributed by atoms with van der Waals surface area (Å²) in [7, 11) is 3.11. The fourth-order valence-corrected chi connectivity index (χ4v) is 3.50. The highest BCUT2D eigenvalue weighted by molar-refractivity contribution is 7.14. The van der Waals surface area contributed by atoms with E-state index in [0.717, 1.165) is 5.56 Å². The van der Waals surface area contributed by atoms with Crippen molar-refractivity contribution in [3.8, 4) is 22.8 Å². The normalized spacial score (nSPS) is 10.3. The van der Waals surface area contributed by atoms with Crippen LogP contribution in [0.25, 0.3) is 11.3 Å². The van der Waals surface area contributed by atoms with Crippen molar-refractivity contribution in [1.82, 2.24) is 10.3 Å². The van der Waals surface area contributed by atoms with Crippen molar-refractivity contribution in [2.24, 2.45) is 0 Å². The van der Waals surface area contributed by atoms with E-state index in [9.17, 15) is 19.7 Å². The van der Waals surface area contributed by atoms with Gasteiger partial charge in [0.25, 0.3) is 11.6 Å². The quantitative estimate of drug-likeness (QED) is 0.372. The molecule has 10 nitrogen and oxygen atoms in total. The second-order valence-electron chi connectivity index (χ2n) is 6.47. The largest absolute Gasteiger partial charge is 0.493 e. The van der Waals surface area contributed by atoms with E-state index in [1.54, 1.807) is 26.4 Å². The van der Waals surface area contributed by atoms with E-state index in [0.29, 0.717) is 22.3 Å².